The van der Waals surface area contributed by atoms with Crippen LogP contribution in [0.15, 0.2) is 12.2 Å². The molecular formula is C21H40O5. The van der Waals surface area contributed by atoms with Gasteiger partial charge < -0.3 is 24.8 Å². The molecular weight excluding hydrogens is 332 g/mol. The van der Waals surface area contributed by atoms with E-state index in [0.29, 0.717) is 6.61 Å². The molecule has 0 aliphatic carbocycles. The van der Waals surface area contributed by atoms with Crippen molar-refractivity contribution in [2.24, 2.45) is 0 Å². The number of aliphatic hydroxyl groups excluding tert-OH is 3. The summed E-state index contributed by atoms with van der Waals surface area (Å²) in [5, 5.41) is 29.0. The van der Waals surface area contributed by atoms with E-state index in [0.717, 1.165) is 19.3 Å². The van der Waals surface area contributed by atoms with Crippen LogP contribution in [0.2, 0.25) is 0 Å². The third-order valence-electron chi connectivity index (χ3n) is 4.91. The molecule has 1 rings (SSSR count). The van der Waals surface area contributed by atoms with Crippen LogP contribution in [0.25, 0.3) is 0 Å². The Hall–Kier alpha value is -0.460. The van der Waals surface area contributed by atoms with E-state index in [9.17, 15) is 15.3 Å². The van der Waals surface area contributed by atoms with Crippen LogP contribution < -0.4 is 0 Å². The molecule has 26 heavy (non-hydrogen) atoms. The lowest BCUT2D eigenvalue weighted by Gasteiger charge is -2.20. The summed E-state index contributed by atoms with van der Waals surface area (Å²) in [4.78, 5) is 0. The standard InChI is InChI=1S/C21H40O5/c1-2-3-4-5-6-7-8-9-10-11-12-13-14-15-25-16-19(23)21-20(24)18(22)17-26-21/h8-9,18-24H,2-7,10-17H2,1H3/b9-8+/t18-,19+,20-,21-/m1/s1. The number of aliphatic hydroxyl groups is 3. The summed E-state index contributed by atoms with van der Waals surface area (Å²) in [5.74, 6) is 0. The normalized spacial score (nSPS) is 24.5. The summed E-state index contributed by atoms with van der Waals surface area (Å²) in [6.45, 7) is 3.06. The van der Waals surface area contributed by atoms with Crippen LogP contribution in [-0.4, -0.2) is 59.6 Å². The topological polar surface area (TPSA) is 79.2 Å². The van der Waals surface area contributed by atoms with Crippen LogP contribution >= 0.6 is 0 Å². The Morgan fingerprint density at radius 3 is 2.15 bits per heavy atom. The Morgan fingerprint density at radius 1 is 0.962 bits per heavy atom. The molecule has 1 aliphatic rings. The average molecular weight is 373 g/mol. The Morgan fingerprint density at radius 2 is 1.58 bits per heavy atom. The highest BCUT2D eigenvalue weighted by Gasteiger charge is 2.39. The first-order valence-electron chi connectivity index (χ1n) is 10.5. The first kappa shape index (κ1) is 23.6. The van der Waals surface area contributed by atoms with Gasteiger partial charge in [-0.3, -0.25) is 0 Å². The number of unbranched alkanes of at least 4 members (excludes halogenated alkanes) is 9. The molecule has 5 heteroatoms. The van der Waals surface area contributed by atoms with Gasteiger partial charge in [0.25, 0.3) is 0 Å². The summed E-state index contributed by atoms with van der Waals surface area (Å²) in [6, 6.07) is 0. The highest BCUT2D eigenvalue weighted by atomic mass is 16.5. The van der Waals surface area contributed by atoms with Crippen molar-refractivity contribution in [2.45, 2.75) is 102 Å². The number of hydrogen-bond acceptors (Lipinski definition) is 5. The number of rotatable bonds is 16. The smallest absolute Gasteiger partial charge is 0.114 e. The fraction of sp³-hybridized carbons (Fsp3) is 0.905. The first-order chi connectivity index (χ1) is 12.7. The third kappa shape index (κ3) is 10.6. The highest BCUT2D eigenvalue weighted by Crippen LogP contribution is 2.18. The van der Waals surface area contributed by atoms with Crippen LogP contribution in [-0.2, 0) is 9.47 Å². The fourth-order valence-electron chi connectivity index (χ4n) is 3.18. The van der Waals surface area contributed by atoms with Crippen LogP contribution in [0.4, 0.5) is 0 Å². The maximum atomic E-state index is 9.91. The number of hydrogen-bond donors (Lipinski definition) is 3. The largest absolute Gasteiger partial charge is 0.388 e. The molecule has 0 amide bonds. The second kappa shape index (κ2) is 15.6. The van der Waals surface area contributed by atoms with Crippen molar-refractivity contribution >= 4 is 0 Å². The highest BCUT2D eigenvalue weighted by molar-refractivity contribution is 4.87. The maximum Gasteiger partial charge on any atom is 0.114 e. The van der Waals surface area contributed by atoms with Crippen molar-refractivity contribution in [3.05, 3.63) is 12.2 Å². The second-order valence-corrected chi connectivity index (χ2v) is 7.38. The summed E-state index contributed by atoms with van der Waals surface area (Å²) < 4.78 is 10.6. The molecule has 0 bridgehead atoms. The Labute approximate surface area is 159 Å². The van der Waals surface area contributed by atoms with Gasteiger partial charge in [0.05, 0.1) is 13.2 Å². The lowest BCUT2D eigenvalue weighted by Crippen LogP contribution is -2.40. The molecule has 0 aromatic carbocycles. The molecule has 3 N–H and O–H groups in total. The van der Waals surface area contributed by atoms with Crippen LogP contribution in [0.3, 0.4) is 0 Å². The van der Waals surface area contributed by atoms with Gasteiger partial charge in [-0.15, -0.1) is 0 Å². The SMILES string of the molecule is CCCCCCC/C=C/CCCCCCOC[C@H](O)[C@H]1OC[C@@H](O)[C@H]1O. The summed E-state index contributed by atoms with van der Waals surface area (Å²) in [7, 11) is 0. The van der Waals surface area contributed by atoms with E-state index in [4.69, 9.17) is 9.47 Å². The average Bonchev–Trinajstić information content (AvgIpc) is 2.97. The first-order valence-corrected chi connectivity index (χ1v) is 10.5. The zero-order chi connectivity index (χ0) is 19.0. The minimum atomic E-state index is -1.03. The number of ether oxygens (including phenoxy) is 2. The minimum Gasteiger partial charge on any atom is -0.388 e. The third-order valence-corrected chi connectivity index (χ3v) is 4.91. The lowest BCUT2D eigenvalue weighted by atomic mass is 10.1. The van der Waals surface area contributed by atoms with Crippen molar-refractivity contribution in [1.29, 1.82) is 0 Å². The zero-order valence-electron chi connectivity index (χ0n) is 16.5. The summed E-state index contributed by atoms with van der Waals surface area (Å²) in [6.07, 6.45) is 14.7. The van der Waals surface area contributed by atoms with Gasteiger partial charge in [0, 0.05) is 6.61 Å². The van der Waals surface area contributed by atoms with Gasteiger partial charge in [-0.25, -0.2) is 0 Å². The predicted molar refractivity (Wildman–Crippen MR) is 104 cm³/mol. The summed E-state index contributed by atoms with van der Waals surface area (Å²) in [5.41, 5.74) is 0. The van der Waals surface area contributed by atoms with E-state index in [-0.39, 0.29) is 13.2 Å². The molecule has 0 aromatic heterocycles. The van der Waals surface area contributed by atoms with E-state index in [2.05, 4.69) is 19.1 Å². The lowest BCUT2D eigenvalue weighted by molar-refractivity contribution is -0.0813. The van der Waals surface area contributed by atoms with Crippen molar-refractivity contribution in [2.75, 3.05) is 19.8 Å². The van der Waals surface area contributed by atoms with E-state index in [1.807, 2.05) is 0 Å². The molecule has 5 nitrogen and oxygen atoms in total. The van der Waals surface area contributed by atoms with Gasteiger partial charge in [-0.05, 0) is 32.1 Å². The maximum absolute atomic E-state index is 9.91. The van der Waals surface area contributed by atoms with Crippen molar-refractivity contribution < 1.29 is 24.8 Å². The zero-order valence-corrected chi connectivity index (χ0v) is 16.5. The van der Waals surface area contributed by atoms with Gasteiger partial charge >= 0.3 is 0 Å². The van der Waals surface area contributed by atoms with E-state index >= 15 is 0 Å². The second-order valence-electron chi connectivity index (χ2n) is 7.38. The molecule has 0 radical (unpaired) electrons. The molecule has 0 saturated carbocycles. The molecule has 0 spiro atoms. The molecule has 1 aliphatic heterocycles. The Kier molecular flexibility index (Phi) is 14.1. The Balaban J connectivity index is 1.83. The molecule has 0 unspecified atom stereocenters. The van der Waals surface area contributed by atoms with Gasteiger partial charge in [-0.1, -0.05) is 57.6 Å². The van der Waals surface area contributed by atoms with E-state index < -0.39 is 24.4 Å². The van der Waals surface area contributed by atoms with Crippen LogP contribution in [0, 0.1) is 0 Å². The van der Waals surface area contributed by atoms with E-state index in [1.54, 1.807) is 0 Å². The van der Waals surface area contributed by atoms with Crippen LogP contribution in [0.1, 0.15) is 77.6 Å². The van der Waals surface area contributed by atoms with Crippen molar-refractivity contribution in [3.63, 3.8) is 0 Å². The summed E-state index contributed by atoms with van der Waals surface area (Å²) >= 11 is 0. The van der Waals surface area contributed by atoms with Gasteiger partial charge in [-0.2, -0.15) is 0 Å². The fourth-order valence-corrected chi connectivity index (χ4v) is 3.18. The quantitative estimate of drug-likeness (QED) is 0.286. The molecule has 0 aromatic rings. The van der Waals surface area contributed by atoms with Gasteiger partial charge in [0.15, 0.2) is 0 Å². The van der Waals surface area contributed by atoms with Crippen molar-refractivity contribution in [1.82, 2.24) is 0 Å². The Bertz CT molecular complexity index is 347. The molecule has 1 saturated heterocycles. The van der Waals surface area contributed by atoms with Gasteiger partial charge in [0.1, 0.15) is 24.4 Å². The predicted octanol–water partition coefficient (Wildman–Crippen LogP) is 3.35. The van der Waals surface area contributed by atoms with E-state index in [1.165, 1.54) is 51.4 Å². The number of allylic oxidation sites excluding steroid dienone is 2. The molecule has 154 valence electrons. The van der Waals surface area contributed by atoms with Crippen LogP contribution in [0.5, 0.6) is 0 Å². The molecule has 1 heterocycles. The molecule has 4 atom stereocenters. The monoisotopic (exact) mass is 372 g/mol. The van der Waals surface area contributed by atoms with Gasteiger partial charge in [0.2, 0.25) is 0 Å². The molecule has 1 fully saturated rings. The van der Waals surface area contributed by atoms with Crippen molar-refractivity contribution in [3.8, 4) is 0 Å². The minimum absolute atomic E-state index is 0.0657.